The molecule has 1 saturated heterocycles. The van der Waals surface area contributed by atoms with Crippen LogP contribution >= 0.6 is 11.3 Å². The molecule has 2 aromatic heterocycles. The molecule has 3 heterocycles. The molecule has 1 amide bonds. The summed E-state index contributed by atoms with van der Waals surface area (Å²) in [5, 5.41) is 10.7. The standard InChI is InChI=1S/C22H19FN4O3S/c23-17-3-1-16(2-4-17)20-8-6-19(31-20)7-10-22(28)26-13-11-25(12-14-26)21-9-5-18(15-24-21)27(29)30/h1-10,15H,11-14H2/b10-7+. The molecule has 7 nitrogen and oxygen atoms in total. The van der Waals surface area contributed by atoms with Crippen LogP contribution in [0.15, 0.2) is 60.8 Å². The SMILES string of the molecule is O=C(/C=C/c1ccc(-c2ccc(F)cc2)s1)N1CCN(c2ccc([N+](=O)[O-])cn2)CC1. The third kappa shape index (κ3) is 4.95. The number of nitrogens with zero attached hydrogens (tertiary/aromatic N) is 4. The topological polar surface area (TPSA) is 79.6 Å². The number of rotatable bonds is 5. The molecule has 0 spiro atoms. The Morgan fingerprint density at radius 2 is 1.81 bits per heavy atom. The molecule has 0 aliphatic carbocycles. The summed E-state index contributed by atoms with van der Waals surface area (Å²) in [6.07, 6.45) is 4.61. The van der Waals surface area contributed by atoms with Crippen LogP contribution in [0.4, 0.5) is 15.9 Å². The van der Waals surface area contributed by atoms with Crippen LogP contribution in [-0.4, -0.2) is 46.9 Å². The van der Waals surface area contributed by atoms with Crippen molar-refractivity contribution in [3.05, 3.63) is 81.6 Å². The predicted molar refractivity (Wildman–Crippen MR) is 118 cm³/mol. The highest BCUT2D eigenvalue weighted by Crippen LogP contribution is 2.29. The summed E-state index contributed by atoms with van der Waals surface area (Å²) in [6, 6.07) is 13.3. The molecule has 9 heteroatoms. The van der Waals surface area contributed by atoms with Gasteiger partial charge in [0.15, 0.2) is 0 Å². The Morgan fingerprint density at radius 1 is 1.06 bits per heavy atom. The summed E-state index contributed by atoms with van der Waals surface area (Å²) in [5.74, 6) is 0.337. The number of thiophene rings is 1. The van der Waals surface area contributed by atoms with Gasteiger partial charge in [0.2, 0.25) is 5.91 Å². The summed E-state index contributed by atoms with van der Waals surface area (Å²) in [7, 11) is 0. The van der Waals surface area contributed by atoms with Crippen molar-refractivity contribution in [2.75, 3.05) is 31.1 Å². The lowest BCUT2D eigenvalue weighted by Gasteiger charge is -2.34. The lowest BCUT2D eigenvalue weighted by Crippen LogP contribution is -2.48. The fourth-order valence-electron chi connectivity index (χ4n) is 3.30. The molecule has 0 saturated carbocycles. The molecule has 1 aliphatic heterocycles. The van der Waals surface area contributed by atoms with E-state index in [4.69, 9.17) is 0 Å². The van der Waals surface area contributed by atoms with Crippen LogP contribution in [0, 0.1) is 15.9 Å². The molecule has 1 fully saturated rings. The third-order valence-corrected chi connectivity index (χ3v) is 6.10. The number of nitro groups is 1. The van der Waals surface area contributed by atoms with E-state index in [-0.39, 0.29) is 17.4 Å². The number of benzene rings is 1. The van der Waals surface area contributed by atoms with Crippen LogP contribution in [0.1, 0.15) is 4.88 Å². The van der Waals surface area contributed by atoms with Crippen molar-refractivity contribution >= 4 is 34.8 Å². The van der Waals surface area contributed by atoms with Gasteiger partial charge in [-0.05, 0) is 42.0 Å². The van der Waals surface area contributed by atoms with E-state index in [0.717, 1.165) is 15.3 Å². The number of aromatic nitrogens is 1. The Kier molecular flexibility index (Phi) is 6.03. The number of hydrogen-bond donors (Lipinski definition) is 0. The molecule has 1 aliphatic rings. The predicted octanol–water partition coefficient (Wildman–Crippen LogP) is 4.22. The van der Waals surface area contributed by atoms with E-state index in [1.165, 1.54) is 35.7 Å². The molecule has 0 radical (unpaired) electrons. The van der Waals surface area contributed by atoms with Crippen LogP contribution in [0.3, 0.4) is 0 Å². The van der Waals surface area contributed by atoms with Gasteiger partial charge in [-0.25, -0.2) is 9.37 Å². The van der Waals surface area contributed by atoms with E-state index in [1.807, 2.05) is 17.0 Å². The Balaban J connectivity index is 1.32. The van der Waals surface area contributed by atoms with Crippen molar-refractivity contribution in [2.45, 2.75) is 0 Å². The van der Waals surface area contributed by atoms with Crippen molar-refractivity contribution < 1.29 is 14.1 Å². The molecule has 158 valence electrons. The molecule has 0 bridgehead atoms. The van der Waals surface area contributed by atoms with E-state index in [2.05, 4.69) is 4.98 Å². The number of carbonyl (C=O) groups is 1. The maximum atomic E-state index is 13.1. The molecular weight excluding hydrogens is 419 g/mol. The number of anilines is 1. The normalized spacial score (nSPS) is 14.2. The maximum absolute atomic E-state index is 13.1. The van der Waals surface area contributed by atoms with Gasteiger partial charge in [-0.2, -0.15) is 0 Å². The minimum Gasteiger partial charge on any atom is -0.353 e. The van der Waals surface area contributed by atoms with Crippen molar-refractivity contribution in [1.82, 2.24) is 9.88 Å². The first-order valence-corrected chi connectivity index (χ1v) is 10.5. The highest BCUT2D eigenvalue weighted by Gasteiger charge is 2.21. The number of amides is 1. The molecule has 1 aromatic carbocycles. The number of halogens is 1. The van der Waals surface area contributed by atoms with Crippen LogP contribution in [0.2, 0.25) is 0 Å². The zero-order valence-corrected chi connectivity index (χ0v) is 17.3. The smallest absolute Gasteiger partial charge is 0.287 e. The van der Waals surface area contributed by atoms with Crippen molar-refractivity contribution in [3.8, 4) is 10.4 Å². The molecule has 0 atom stereocenters. The van der Waals surface area contributed by atoms with Gasteiger partial charge in [0.25, 0.3) is 5.69 Å². The second-order valence-corrected chi connectivity index (χ2v) is 8.10. The highest BCUT2D eigenvalue weighted by molar-refractivity contribution is 7.16. The highest BCUT2D eigenvalue weighted by atomic mass is 32.1. The van der Waals surface area contributed by atoms with Gasteiger partial charge in [0.05, 0.1) is 4.92 Å². The van der Waals surface area contributed by atoms with Gasteiger partial charge in [-0.3, -0.25) is 14.9 Å². The Morgan fingerprint density at radius 3 is 2.45 bits per heavy atom. The summed E-state index contributed by atoms with van der Waals surface area (Å²) in [6.45, 7) is 2.32. The van der Waals surface area contributed by atoms with Crippen LogP contribution < -0.4 is 4.90 Å². The van der Waals surface area contributed by atoms with Gasteiger partial charge in [0, 0.05) is 48.1 Å². The average molecular weight is 438 g/mol. The fraction of sp³-hybridized carbons (Fsp3) is 0.182. The van der Waals surface area contributed by atoms with Crippen LogP contribution in [-0.2, 0) is 4.79 Å². The molecule has 31 heavy (non-hydrogen) atoms. The Bertz CT molecular complexity index is 1100. The van der Waals surface area contributed by atoms with Gasteiger partial charge < -0.3 is 9.80 Å². The first-order valence-electron chi connectivity index (χ1n) is 9.68. The Hall–Kier alpha value is -3.59. The van der Waals surface area contributed by atoms with E-state index < -0.39 is 4.92 Å². The Labute approximate surface area is 182 Å². The monoisotopic (exact) mass is 438 g/mol. The fourth-order valence-corrected chi connectivity index (χ4v) is 4.22. The number of hydrogen-bond acceptors (Lipinski definition) is 6. The van der Waals surface area contributed by atoms with Gasteiger partial charge in [-0.1, -0.05) is 12.1 Å². The second-order valence-electron chi connectivity index (χ2n) is 6.99. The summed E-state index contributed by atoms with van der Waals surface area (Å²) >= 11 is 1.54. The van der Waals surface area contributed by atoms with Crippen molar-refractivity contribution in [1.29, 1.82) is 0 Å². The number of pyridine rings is 1. The molecule has 3 aromatic rings. The van der Waals surface area contributed by atoms with E-state index in [9.17, 15) is 19.3 Å². The zero-order chi connectivity index (χ0) is 21.8. The van der Waals surface area contributed by atoms with E-state index in [0.29, 0.717) is 32.0 Å². The van der Waals surface area contributed by atoms with Gasteiger partial charge >= 0.3 is 0 Å². The summed E-state index contributed by atoms with van der Waals surface area (Å²) in [5.41, 5.74) is 0.896. The van der Waals surface area contributed by atoms with Crippen LogP contribution in [0.5, 0.6) is 0 Å². The molecule has 4 rings (SSSR count). The third-order valence-electron chi connectivity index (χ3n) is 5.00. The maximum Gasteiger partial charge on any atom is 0.287 e. The minimum atomic E-state index is -0.476. The van der Waals surface area contributed by atoms with Gasteiger partial charge in [-0.15, -0.1) is 11.3 Å². The van der Waals surface area contributed by atoms with Crippen molar-refractivity contribution in [3.63, 3.8) is 0 Å². The largest absolute Gasteiger partial charge is 0.353 e. The molecule has 0 N–H and O–H groups in total. The van der Waals surface area contributed by atoms with Crippen molar-refractivity contribution in [2.24, 2.45) is 0 Å². The minimum absolute atomic E-state index is 0.0427. The van der Waals surface area contributed by atoms with E-state index >= 15 is 0 Å². The summed E-state index contributed by atoms with van der Waals surface area (Å²) in [4.78, 5) is 32.7. The average Bonchev–Trinajstić information content (AvgIpc) is 3.27. The van der Waals surface area contributed by atoms with E-state index in [1.54, 1.807) is 35.3 Å². The van der Waals surface area contributed by atoms with Crippen LogP contribution in [0.25, 0.3) is 16.5 Å². The number of piperazine rings is 1. The zero-order valence-electron chi connectivity index (χ0n) is 16.5. The quantitative estimate of drug-likeness (QED) is 0.339. The molecular formula is C22H19FN4O3S. The second kappa shape index (κ2) is 9.05. The lowest BCUT2D eigenvalue weighted by atomic mass is 10.2. The van der Waals surface area contributed by atoms with Gasteiger partial charge in [0.1, 0.15) is 17.8 Å². The first kappa shape index (κ1) is 20.7. The summed E-state index contributed by atoms with van der Waals surface area (Å²) < 4.78 is 13.1. The first-order chi connectivity index (χ1) is 15.0. The lowest BCUT2D eigenvalue weighted by molar-refractivity contribution is -0.385. The number of carbonyl (C=O) groups excluding carboxylic acids is 1. The molecule has 0 unspecified atom stereocenters.